The number of rotatable bonds is 3. The molecular formula is C21H24N2O3. The van der Waals surface area contributed by atoms with Gasteiger partial charge in [-0.2, -0.15) is 0 Å². The average Bonchev–Trinajstić information content (AvgIpc) is 2.63. The highest BCUT2D eigenvalue weighted by molar-refractivity contribution is 5.96. The first-order valence-corrected chi connectivity index (χ1v) is 8.90. The molecule has 2 aromatic carbocycles. The minimum absolute atomic E-state index is 0.00852. The molecule has 0 spiro atoms. The molecule has 1 fully saturated rings. The molecule has 0 bridgehead atoms. The molecule has 1 aliphatic rings. The van der Waals surface area contributed by atoms with Crippen LogP contribution >= 0.6 is 0 Å². The maximum absolute atomic E-state index is 12.9. The quantitative estimate of drug-likeness (QED) is 0.892. The van der Waals surface area contributed by atoms with Gasteiger partial charge in [0.05, 0.1) is 0 Å². The van der Waals surface area contributed by atoms with Gasteiger partial charge in [0.2, 0.25) is 5.91 Å². The van der Waals surface area contributed by atoms with Crippen LogP contribution in [0.25, 0.3) is 11.1 Å². The lowest BCUT2D eigenvalue weighted by Crippen LogP contribution is -2.49. The Morgan fingerprint density at radius 3 is 2.77 bits per heavy atom. The van der Waals surface area contributed by atoms with Gasteiger partial charge >= 0.3 is 0 Å². The first-order valence-electron chi connectivity index (χ1n) is 8.90. The topological polar surface area (TPSA) is 69.6 Å². The predicted molar refractivity (Wildman–Crippen MR) is 101 cm³/mol. The van der Waals surface area contributed by atoms with E-state index >= 15 is 0 Å². The summed E-state index contributed by atoms with van der Waals surface area (Å²) >= 11 is 0. The van der Waals surface area contributed by atoms with Crippen LogP contribution in [0.1, 0.15) is 35.7 Å². The third-order valence-corrected chi connectivity index (χ3v) is 4.69. The van der Waals surface area contributed by atoms with E-state index in [9.17, 15) is 14.7 Å². The van der Waals surface area contributed by atoms with Gasteiger partial charge in [-0.05, 0) is 49.6 Å². The Morgan fingerprint density at radius 2 is 2.00 bits per heavy atom. The van der Waals surface area contributed by atoms with Crippen LogP contribution in [0.5, 0.6) is 5.75 Å². The van der Waals surface area contributed by atoms with Crippen LogP contribution in [0.2, 0.25) is 0 Å². The lowest BCUT2D eigenvalue weighted by molar-refractivity contribution is -0.120. The number of carbonyl (C=O) groups is 2. The molecule has 0 unspecified atom stereocenters. The van der Waals surface area contributed by atoms with Gasteiger partial charge < -0.3 is 15.3 Å². The number of aryl methyl sites for hydroxylation is 1. The maximum atomic E-state index is 12.9. The number of phenols is 1. The number of piperidine rings is 1. The van der Waals surface area contributed by atoms with E-state index in [1.54, 1.807) is 17.0 Å². The summed E-state index contributed by atoms with van der Waals surface area (Å²) in [7, 11) is 0. The molecule has 2 amide bonds. The summed E-state index contributed by atoms with van der Waals surface area (Å²) in [5, 5.41) is 13.1. The van der Waals surface area contributed by atoms with Gasteiger partial charge in [0.25, 0.3) is 5.91 Å². The molecule has 2 N–H and O–H groups in total. The second kappa shape index (κ2) is 7.60. The lowest BCUT2D eigenvalue weighted by Gasteiger charge is -2.33. The van der Waals surface area contributed by atoms with Crippen LogP contribution in [0.4, 0.5) is 0 Å². The Bertz CT molecular complexity index is 832. The van der Waals surface area contributed by atoms with Crippen molar-refractivity contribution in [2.45, 2.75) is 32.7 Å². The number of hydrogen-bond donors (Lipinski definition) is 2. The van der Waals surface area contributed by atoms with E-state index in [4.69, 9.17) is 0 Å². The van der Waals surface area contributed by atoms with Crippen LogP contribution in [0, 0.1) is 6.92 Å². The van der Waals surface area contributed by atoms with Crippen molar-refractivity contribution >= 4 is 11.8 Å². The van der Waals surface area contributed by atoms with E-state index in [0.717, 1.165) is 29.5 Å². The summed E-state index contributed by atoms with van der Waals surface area (Å²) < 4.78 is 0. The molecule has 0 saturated carbocycles. The molecule has 0 aliphatic carbocycles. The van der Waals surface area contributed by atoms with Gasteiger partial charge in [-0.15, -0.1) is 0 Å². The smallest absolute Gasteiger partial charge is 0.253 e. The minimum atomic E-state index is -0.0683. The summed E-state index contributed by atoms with van der Waals surface area (Å²) in [6.45, 7) is 4.68. The largest absolute Gasteiger partial charge is 0.507 e. The van der Waals surface area contributed by atoms with Crippen molar-refractivity contribution in [1.29, 1.82) is 0 Å². The highest BCUT2D eigenvalue weighted by Gasteiger charge is 2.25. The van der Waals surface area contributed by atoms with E-state index in [1.807, 2.05) is 37.3 Å². The molecule has 136 valence electrons. The second-order valence-corrected chi connectivity index (χ2v) is 6.89. The molecule has 1 atom stereocenters. The summed E-state index contributed by atoms with van der Waals surface area (Å²) in [5.74, 6) is 0.0826. The van der Waals surface area contributed by atoms with Crippen LogP contribution in [0.3, 0.4) is 0 Å². The molecule has 1 aliphatic heterocycles. The van der Waals surface area contributed by atoms with E-state index in [-0.39, 0.29) is 23.6 Å². The molecule has 2 aromatic rings. The number of nitrogens with one attached hydrogen (secondary N) is 1. The van der Waals surface area contributed by atoms with E-state index < -0.39 is 0 Å². The summed E-state index contributed by atoms with van der Waals surface area (Å²) in [5.41, 5.74) is 3.16. The van der Waals surface area contributed by atoms with Crippen molar-refractivity contribution in [2.75, 3.05) is 13.1 Å². The Kier molecular flexibility index (Phi) is 5.26. The van der Waals surface area contributed by atoms with Gasteiger partial charge in [0.1, 0.15) is 5.75 Å². The average molecular weight is 352 g/mol. The lowest BCUT2D eigenvalue weighted by atomic mass is 9.99. The zero-order valence-corrected chi connectivity index (χ0v) is 15.2. The number of likely N-dealkylation sites (tertiary alicyclic amines) is 1. The van der Waals surface area contributed by atoms with Crippen LogP contribution in [-0.4, -0.2) is 41.0 Å². The van der Waals surface area contributed by atoms with Crippen molar-refractivity contribution in [3.05, 3.63) is 53.6 Å². The third kappa shape index (κ3) is 4.04. The van der Waals surface area contributed by atoms with E-state index in [2.05, 4.69) is 5.32 Å². The molecule has 26 heavy (non-hydrogen) atoms. The number of amides is 2. The van der Waals surface area contributed by atoms with Crippen LogP contribution in [-0.2, 0) is 4.79 Å². The molecule has 1 heterocycles. The highest BCUT2D eigenvalue weighted by Crippen LogP contribution is 2.30. The minimum Gasteiger partial charge on any atom is -0.507 e. The molecule has 3 rings (SSSR count). The number of nitrogens with zero attached hydrogens (tertiary/aromatic N) is 1. The Labute approximate surface area is 153 Å². The van der Waals surface area contributed by atoms with Crippen LogP contribution in [0.15, 0.2) is 42.5 Å². The third-order valence-electron chi connectivity index (χ3n) is 4.69. The molecule has 0 radical (unpaired) electrons. The van der Waals surface area contributed by atoms with E-state index in [0.29, 0.717) is 18.7 Å². The molecule has 5 nitrogen and oxygen atoms in total. The van der Waals surface area contributed by atoms with Gasteiger partial charge in [-0.25, -0.2) is 0 Å². The Balaban J connectivity index is 1.82. The standard InChI is InChI=1S/C21H24N2O3/c1-14-8-9-20(25)19(11-14)16-5-3-6-17(12-16)21(26)23-10-4-7-18(13-23)22-15(2)24/h3,5-6,8-9,11-12,18,25H,4,7,10,13H2,1-2H3,(H,22,24)/t18-/m0/s1. The maximum Gasteiger partial charge on any atom is 0.253 e. The number of aromatic hydroxyl groups is 1. The van der Waals surface area contributed by atoms with Gasteiger partial charge in [0, 0.05) is 37.2 Å². The first kappa shape index (κ1) is 18.0. The van der Waals surface area contributed by atoms with Crippen molar-refractivity contribution in [1.82, 2.24) is 10.2 Å². The van der Waals surface area contributed by atoms with Crippen molar-refractivity contribution in [3.8, 4) is 16.9 Å². The molecule has 5 heteroatoms. The Morgan fingerprint density at radius 1 is 1.19 bits per heavy atom. The SMILES string of the molecule is CC(=O)N[C@H]1CCCN(C(=O)c2cccc(-c3cc(C)ccc3O)c2)C1. The normalized spacial score (nSPS) is 17.0. The summed E-state index contributed by atoms with van der Waals surface area (Å²) in [6.07, 6.45) is 1.76. The predicted octanol–water partition coefficient (Wildman–Crippen LogP) is 3.11. The zero-order valence-electron chi connectivity index (χ0n) is 15.2. The molecule has 1 saturated heterocycles. The van der Waals surface area contributed by atoms with Crippen molar-refractivity contribution in [2.24, 2.45) is 0 Å². The second-order valence-electron chi connectivity index (χ2n) is 6.89. The number of hydrogen-bond acceptors (Lipinski definition) is 3. The number of benzene rings is 2. The monoisotopic (exact) mass is 352 g/mol. The van der Waals surface area contributed by atoms with Gasteiger partial charge in [-0.1, -0.05) is 23.8 Å². The zero-order chi connectivity index (χ0) is 18.7. The molecule has 0 aromatic heterocycles. The van der Waals surface area contributed by atoms with Crippen molar-refractivity contribution < 1.29 is 14.7 Å². The fourth-order valence-electron chi connectivity index (χ4n) is 3.45. The Hall–Kier alpha value is -2.82. The molecular weight excluding hydrogens is 328 g/mol. The summed E-state index contributed by atoms with van der Waals surface area (Å²) in [4.78, 5) is 26.0. The highest BCUT2D eigenvalue weighted by atomic mass is 16.3. The van der Waals surface area contributed by atoms with Crippen molar-refractivity contribution in [3.63, 3.8) is 0 Å². The fourth-order valence-corrected chi connectivity index (χ4v) is 3.45. The first-order chi connectivity index (χ1) is 12.4. The van der Waals surface area contributed by atoms with Gasteiger partial charge in [0.15, 0.2) is 0 Å². The number of phenolic OH excluding ortho intramolecular Hbond substituents is 1. The fraction of sp³-hybridized carbons (Fsp3) is 0.333. The van der Waals surface area contributed by atoms with E-state index in [1.165, 1.54) is 6.92 Å². The van der Waals surface area contributed by atoms with Gasteiger partial charge in [-0.3, -0.25) is 9.59 Å². The number of carbonyl (C=O) groups excluding carboxylic acids is 2. The van der Waals surface area contributed by atoms with Crippen LogP contribution < -0.4 is 5.32 Å². The summed E-state index contributed by atoms with van der Waals surface area (Å²) in [6, 6.07) is 12.8.